The van der Waals surface area contributed by atoms with Gasteiger partial charge in [-0.05, 0) is 12.1 Å². The molecule has 3 heteroatoms. The van der Waals surface area contributed by atoms with E-state index in [4.69, 9.17) is 0 Å². The molecule has 0 N–H and O–H groups in total. The summed E-state index contributed by atoms with van der Waals surface area (Å²) in [5.74, 6) is 6.59. The number of hydrogen-bond acceptors (Lipinski definition) is 3. The highest BCUT2D eigenvalue weighted by Gasteiger charge is 1.94. The summed E-state index contributed by atoms with van der Waals surface area (Å²) >= 11 is 4.05. The predicted octanol–water partition coefficient (Wildman–Crippen LogP) is 2.33. The summed E-state index contributed by atoms with van der Waals surface area (Å²) < 4.78 is 0. The summed E-state index contributed by atoms with van der Waals surface area (Å²) in [5.41, 5.74) is 1.31. The number of carbonyl (C=O) groups excluding carboxylic acids is 1. The third-order valence-electron chi connectivity index (χ3n) is 1.53. The van der Waals surface area contributed by atoms with E-state index in [2.05, 4.69) is 29.5 Å². The van der Waals surface area contributed by atoms with Gasteiger partial charge in [0.15, 0.2) is 0 Å². The average molecular weight is 203 g/mol. The van der Waals surface area contributed by atoms with E-state index in [1.165, 1.54) is 6.08 Å². The quantitative estimate of drug-likeness (QED) is 0.340. The topological polar surface area (TPSA) is 29.4 Å². The molecule has 14 heavy (non-hydrogen) atoms. The summed E-state index contributed by atoms with van der Waals surface area (Å²) in [7, 11) is 0. The molecule has 2 nitrogen and oxygen atoms in total. The van der Waals surface area contributed by atoms with Crippen LogP contribution in [-0.4, -0.2) is 11.8 Å². The molecule has 0 heterocycles. The van der Waals surface area contributed by atoms with Gasteiger partial charge < -0.3 is 0 Å². The van der Waals surface area contributed by atoms with Crippen LogP contribution in [0.2, 0.25) is 0 Å². The van der Waals surface area contributed by atoms with E-state index in [1.54, 1.807) is 12.1 Å². The molecule has 0 amide bonds. The number of isocyanates is 1. The Balaban J connectivity index is 2.97. The van der Waals surface area contributed by atoms with Crippen LogP contribution >= 0.6 is 12.6 Å². The molecule has 0 aromatic heterocycles. The number of benzene rings is 1. The molecule has 0 bridgehead atoms. The van der Waals surface area contributed by atoms with Crippen molar-refractivity contribution in [3.8, 4) is 11.8 Å². The molecule has 0 atom stereocenters. The molecule has 70 valence electrons. The summed E-state index contributed by atoms with van der Waals surface area (Å²) in [4.78, 5) is 13.7. The molecule has 1 aromatic carbocycles. The first-order valence-corrected chi connectivity index (χ1v) is 4.78. The first-order chi connectivity index (χ1) is 6.88. The number of nitrogens with zero attached hydrogens (tertiary/aromatic N) is 1. The van der Waals surface area contributed by atoms with Crippen LogP contribution in [-0.2, 0) is 4.79 Å². The van der Waals surface area contributed by atoms with Gasteiger partial charge in [-0.15, -0.1) is 0 Å². The summed E-state index contributed by atoms with van der Waals surface area (Å²) in [6.07, 6.45) is 2.23. The van der Waals surface area contributed by atoms with E-state index in [9.17, 15) is 4.79 Å². The van der Waals surface area contributed by atoms with Gasteiger partial charge in [-0.1, -0.05) is 24.0 Å². The van der Waals surface area contributed by atoms with Crippen molar-refractivity contribution in [1.82, 2.24) is 0 Å². The molecule has 0 radical (unpaired) electrons. The van der Waals surface area contributed by atoms with Crippen molar-refractivity contribution in [1.29, 1.82) is 0 Å². The van der Waals surface area contributed by atoms with Gasteiger partial charge in [-0.25, -0.2) is 4.79 Å². The molecular formula is C11H9NOS. The van der Waals surface area contributed by atoms with Crippen LogP contribution in [0.25, 0.3) is 0 Å². The van der Waals surface area contributed by atoms with Crippen molar-refractivity contribution >= 4 is 24.4 Å². The van der Waals surface area contributed by atoms with Crippen molar-refractivity contribution in [2.24, 2.45) is 4.99 Å². The molecule has 0 fully saturated rings. The number of para-hydroxylation sites is 1. The maximum atomic E-state index is 10.1. The highest BCUT2D eigenvalue weighted by molar-refractivity contribution is 7.80. The fourth-order valence-corrected chi connectivity index (χ4v) is 1.05. The van der Waals surface area contributed by atoms with Gasteiger partial charge in [-0.2, -0.15) is 17.6 Å². The molecule has 0 aliphatic heterocycles. The Morgan fingerprint density at radius 3 is 2.86 bits per heavy atom. The Bertz CT molecular complexity index is 411. The van der Waals surface area contributed by atoms with E-state index in [1.807, 2.05) is 12.1 Å². The number of hydrogen-bond donors (Lipinski definition) is 1. The van der Waals surface area contributed by atoms with Crippen LogP contribution < -0.4 is 0 Å². The molecule has 0 saturated heterocycles. The van der Waals surface area contributed by atoms with Crippen LogP contribution in [0, 0.1) is 11.8 Å². The van der Waals surface area contributed by atoms with E-state index >= 15 is 0 Å². The van der Waals surface area contributed by atoms with Crippen LogP contribution in [0.3, 0.4) is 0 Å². The van der Waals surface area contributed by atoms with Crippen molar-refractivity contribution in [3.63, 3.8) is 0 Å². The van der Waals surface area contributed by atoms with Crippen LogP contribution in [0.5, 0.6) is 0 Å². The summed E-state index contributed by atoms with van der Waals surface area (Å²) in [6.45, 7) is 0. The Morgan fingerprint density at radius 1 is 1.36 bits per heavy atom. The lowest BCUT2D eigenvalue weighted by Crippen LogP contribution is -1.76. The van der Waals surface area contributed by atoms with E-state index in [0.29, 0.717) is 5.69 Å². The van der Waals surface area contributed by atoms with Gasteiger partial charge in [-0.3, -0.25) is 0 Å². The molecule has 1 rings (SSSR count). The monoisotopic (exact) mass is 203 g/mol. The fourth-order valence-electron chi connectivity index (χ4n) is 0.940. The van der Waals surface area contributed by atoms with E-state index in [-0.39, 0.29) is 0 Å². The van der Waals surface area contributed by atoms with Crippen molar-refractivity contribution < 1.29 is 4.79 Å². The van der Waals surface area contributed by atoms with Gasteiger partial charge in [0.2, 0.25) is 6.08 Å². The Hall–Kier alpha value is -1.49. The number of thiol groups is 1. The third kappa shape index (κ3) is 3.10. The lowest BCUT2D eigenvalue weighted by Gasteiger charge is -1.93. The van der Waals surface area contributed by atoms with Crippen LogP contribution in [0.15, 0.2) is 29.3 Å². The summed E-state index contributed by atoms with van der Waals surface area (Å²) in [6, 6.07) is 7.21. The Morgan fingerprint density at radius 2 is 2.14 bits per heavy atom. The molecule has 0 spiro atoms. The molecule has 0 saturated carbocycles. The average Bonchev–Trinajstić information content (AvgIpc) is 2.21. The molecule has 0 unspecified atom stereocenters. The molecule has 1 aromatic rings. The zero-order valence-electron chi connectivity index (χ0n) is 7.53. The number of rotatable bonds is 2. The van der Waals surface area contributed by atoms with Gasteiger partial charge in [0.05, 0.1) is 11.3 Å². The number of aliphatic imine (C=N–C) groups is 1. The predicted molar refractivity (Wildman–Crippen MR) is 59.6 cm³/mol. The fraction of sp³-hybridized carbons (Fsp3) is 0.182. The lowest BCUT2D eigenvalue weighted by atomic mass is 10.2. The third-order valence-corrected chi connectivity index (χ3v) is 1.75. The van der Waals surface area contributed by atoms with Gasteiger partial charge >= 0.3 is 0 Å². The maximum Gasteiger partial charge on any atom is 0.240 e. The minimum absolute atomic E-state index is 0.564. The second-order valence-electron chi connectivity index (χ2n) is 2.50. The largest absolute Gasteiger partial charge is 0.240 e. The maximum absolute atomic E-state index is 10.1. The molecular weight excluding hydrogens is 194 g/mol. The molecule has 0 aliphatic carbocycles. The minimum Gasteiger partial charge on any atom is -0.211 e. The second kappa shape index (κ2) is 6.04. The highest BCUT2D eigenvalue weighted by Crippen LogP contribution is 2.16. The van der Waals surface area contributed by atoms with Crippen molar-refractivity contribution in [2.45, 2.75) is 6.42 Å². The van der Waals surface area contributed by atoms with Crippen LogP contribution in [0.4, 0.5) is 5.69 Å². The van der Waals surface area contributed by atoms with Gasteiger partial charge in [0, 0.05) is 12.2 Å². The first kappa shape index (κ1) is 10.6. The second-order valence-corrected chi connectivity index (χ2v) is 2.94. The van der Waals surface area contributed by atoms with Gasteiger partial charge in [0.1, 0.15) is 0 Å². The highest BCUT2D eigenvalue weighted by atomic mass is 32.1. The Labute approximate surface area is 88.5 Å². The van der Waals surface area contributed by atoms with Gasteiger partial charge in [0.25, 0.3) is 0 Å². The zero-order chi connectivity index (χ0) is 10.2. The van der Waals surface area contributed by atoms with E-state index < -0.39 is 0 Å². The minimum atomic E-state index is 0.564. The summed E-state index contributed by atoms with van der Waals surface area (Å²) in [5, 5.41) is 0. The van der Waals surface area contributed by atoms with E-state index in [0.717, 1.165) is 17.7 Å². The van der Waals surface area contributed by atoms with Crippen molar-refractivity contribution in [3.05, 3.63) is 29.8 Å². The SMILES string of the molecule is O=C=Nc1ccccc1C#CCCS. The van der Waals surface area contributed by atoms with Crippen molar-refractivity contribution in [2.75, 3.05) is 5.75 Å². The zero-order valence-corrected chi connectivity index (χ0v) is 8.42. The smallest absolute Gasteiger partial charge is 0.211 e. The lowest BCUT2D eigenvalue weighted by molar-refractivity contribution is 0.565. The van der Waals surface area contributed by atoms with Crippen LogP contribution in [0.1, 0.15) is 12.0 Å². The Kier molecular flexibility index (Phi) is 4.57. The normalized spacial score (nSPS) is 8.36. The molecule has 0 aliphatic rings. The standard InChI is InChI=1S/C11H9NOS/c13-9-12-11-7-2-1-5-10(11)6-3-4-8-14/h1-2,5,7,14H,4,8H2. The first-order valence-electron chi connectivity index (χ1n) is 4.15.